The maximum Gasteiger partial charge on any atom is 0.124 e. The van der Waals surface area contributed by atoms with E-state index in [0.717, 1.165) is 38.8 Å². The summed E-state index contributed by atoms with van der Waals surface area (Å²) in [4.78, 5) is 13.2. The average Bonchev–Trinajstić information content (AvgIpc) is 2.39. The highest BCUT2D eigenvalue weighted by molar-refractivity contribution is 5.53. The Hall–Kier alpha value is -1.15. The summed E-state index contributed by atoms with van der Waals surface area (Å²) >= 11 is 0. The van der Waals surface area contributed by atoms with Crippen molar-refractivity contribution in [2.45, 2.75) is 39.2 Å². The largest absolute Gasteiger partial charge is 0.303 e. The van der Waals surface area contributed by atoms with E-state index < -0.39 is 0 Å². The second-order valence-corrected chi connectivity index (χ2v) is 5.67. The molecule has 0 bridgehead atoms. The third-order valence-corrected chi connectivity index (χ3v) is 3.79. The van der Waals surface area contributed by atoms with Gasteiger partial charge in [0.2, 0.25) is 0 Å². The van der Waals surface area contributed by atoms with Gasteiger partial charge in [0.05, 0.1) is 0 Å². The summed E-state index contributed by atoms with van der Waals surface area (Å²) in [7, 11) is 0. The molecule has 1 saturated heterocycles. The molecule has 1 fully saturated rings. The highest BCUT2D eigenvalue weighted by atomic mass is 16.1. The fourth-order valence-electron chi connectivity index (χ4n) is 2.61. The van der Waals surface area contributed by atoms with Crippen LogP contribution in [0.4, 0.5) is 0 Å². The smallest absolute Gasteiger partial charge is 0.124 e. The maximum atomic E-state index is 10.9. The zero-order valence-corrected chi connectivity index (χ0v) is 11.4. The van der Waals surface area contributed by atoms with Gasteiger partial charge in [-0.05, 0) is 36.4 Å². The van der Waals surface area contributed by atoms with Crippen molar-refractivity contribution in [3.63, 3.8) is 0 Å². The minimum absolute atomic E-state index is 0.244. The number of rotatable bonds is 4. The van der Waals surface area contributed by atoms with Crippen LogP contribution in [-0.4, -0.2) is 24.3 Å². The molecule has 2 heteroatoms. The van der Waals surface area contributed by atoms with Crippen LogP contribution in [0.2, 0.25) is 0 Å². The van der Waals surface area contributed by atoms with Gasteiger partial charge in [-0.1, -0.05) is 38.1 Å². The lowest BCUT2D eigenvalue weighted by molar-refractivity contribution is -0.112. The van der Waals surface area contributed by atoms with Crippen LogP contribution in [0.25, 0.3) is 0 Å². The lowest BCUT2D eigenvalue weighted by Crippen LogP contribution is -2.35. The Kier molecular flexibility index (Phi) is 4.54. The van der Waals surface area contributed by atoms with Crippen LogP contribution in [0.3, 0.4) is 0 Å². The molecule has 0 aromatic heterocycles. The summed E-state index contributed by atoms with van der Waals surface area (Å²) in [6.45, 7) is 7.46. The predicted molar refractivity (Wildman–Crippen MR) is 74.6 cm³/mol. The molecule has 98 valence electrons. The van der Waals surface area contributed by atoms with Crippen LogP contribution in [0, 0.1) is 5.92 Å². The predicted octanol–water partition coefficient (Wildman–Crippen LogP) is 3.22. The minimum Gasteiger partial charge on any atom is -0.303 e. The second-order valence-electron chi connectivity index (χ2n) is 5.67. The van der Waals surface area contributed by atoms with Crippen LogP contribution < -0.4 is 0 Å². The first-order valence-corrected chi connectivity index (χ1v) is 6.95. The van der Waals surface area contributed by atoms with E-state index in [1.54, 1.807) is 0 Å². The number of piperidine rings is 1. The van der Waals surface area contributed by atoms with Crippen LogP contribution in [-0.2, 0) is 11.3 Å². The Bertz CT molecular complexity index is 383. The molecule has 0 aliphatic carbocycles. The Morgan fingerprint density at radius 3 is 2.67 bits per heavy atom. The van der Waals surface area contributed by atoms with E-state index in [1.807, 2.05) is 0 Å². The van der Waals surface area contributed by atoms with E-state index in [1.165, 1.54) is 11.1 Å². The fourth-order valence-corrected chi connectivity index (χ4v) is 2.61. The summed E-state index contributed by atoms with van der Waals surface area (Å²) < 4.78 is 0. The molecule has 0 amide bonds. The van der Waals surface area contributed by atoms with Gasteiger partial charge in [-0.2, -0.15) is 0 Å². The SMILES string of the molecule is CC(C)c1ccc(CN2CCCC(C=O)C2)cc1. The summed E-state index contributed by atoms with van der Waals surface area (Å²) in [5, 5.41) is 0. The highest BCUT2D eigenvalue weighted by Crippen LogP contribution is 2.19. The van der Waals surface area contributed by atoms with Crippen molar-refractivity contribution in [2.75, 3.05) is 13.1 Å². The van der Waals surface area contributed by atoms with Gasteiger partial charge >= 0.3 is 0 Å². The van der Waals surface area contributed by atoms with E-state index >= 15 is 0 Å². The molecule has 1 aliphatic rings. The first kappa shape index (κ1) is 13.3. The quantitative estimate of drug-likeness (QED) is 0.759. The van der Waals surface area contributed by atoms with Gasteiger partial charge in [-0.25, -0.2) is 0 Å². The number of likely N-dealkylation sites (tertiary alicyclic amines) is 1. The zero-order valence-electron chi connectivity index (χ0n) is 11.4. The van der Waals surface area contributed by atoms with Crippen molar-refractivity contribution >= 4 is 6.29 Å². The number of hydrogen-bond acceptors (Lipinski definition) is 2. The van der Waals surface area contributed by atoms with Crippen molar-refractivity contribution in [1.29, 1.82) is 0 Å². The van der Waals surface area contributed by atoms with E-state index in [0.29, 0.717) is 5.92 Å². The molecular weight excluding hydrogens is 222 g/mol. The lowest BCUT2D eigenvalue weighted by atomic mass is 9.98. The van der Waals surface area contributed by atoms with E-state index in [-0.39, 0.29) is 5.92 Å². The third-order valence-electron chi connectivity index (χ3n) is 3.79. The van der Waals surface area contributed by atoms with E-state index in [4.69, 9.17) is 0 Å². The van der Waals surface area contributed by atoms with Gasteiger partial charge in [0.25, 0.3) is 0 Å². The van der Waals surface area contributed by atoms with Gasteiger partial charge < -0.3 is 4.79 Å². The van der Waals surface area contributed by atoms with Crippen LogP contribution in [0.15, 0.2) is 24.3 Å². The monoisotopic (exact) mass is 245 g/mol. The van der Waals surface area contributed by atoms with Gasteiger partial charge in [-0.3, -0.25) is 4.90 Å². The molecule has 0 spiro atoms. The second kappa shape index (κ2) is 6.14. The molecule has 18 heavy (non-hydrogen) atoms. The minimum atomic E-state index is 0.244. The van der Waals surface area contributed by atoms with Gasteiger partial charge in [0, 0.05) is 19.0 Å². The summed E-state index contributed by atoms with van der Waals surface area (Å²) in [5.74, 6) is 0.835. The van der Waals surface area contributed by atoms with Crippen LogP contribution in [0.5, 0.6) is 0 Å². The summed E-state index contributed by atoms with van der Waals surface area (Å²) in [6.07, 6.45) is 3.33. The maximum absolute atomic E-state index is 10.9. The van der Waals surface area contributed by atoms with E-state index in [9.17, 15) is 4.79 Å². The Morgan fingerprint density at radius 2 is 2.06 bits per heavy atom. The average molecular weight is 245 g/mol. The van der Waals surface area contributed by atoms with Gasteiger partial charge in [0.1, 0.15) is 6.29 Å². The Balaban J connectivity index is 1.94. The van der Waals surface area contributed by atoms with Crippen LogP contribution >= 0.6 is 0 Å². The molecule has 0 N–H and O–H groups in total. The van der Waals surface area contributed by atoms with Gasteiger partial charge in [-0.15, -0.1) is 0 Å². The number of benzene rings is 1. The normalized spacial score (nSPS) is 21.2. The van der Waals surface area contributed by atoms with Crippen molar-refractivity contribution in [3.8, 4) is 0 Å². The van der Waals surface area contributed by atoms with Gasteiger partial charge in [0.15, 0.2) is 0 Å². The summed E-state index contributed by atoms with van der Waals surface area (Å²) in [5.41, 5.74) is 2.74. The van der Waals surface area contributed by atoms with Crippen molar-refractivity contribution in [3.05, 3.63) is 35.4 Å². The van der Waals surface area contributed by atoms with Crippen molar-refractivity contribution in [1.82, 2.24) is 4.90 Å². The van der Waals surface area contributed by atoms with Crippen LogP contribution in [0.1, 0.15) is 43.7 Å². The first-order valence-electron chi connectivity index (χ1n) is 6.95. The number of nitrogens with zero attached hydrogens (tertiary/aromatic N) is 1. The first-order chi connectivity index (χ1) is 8.69. The van der Waals surface area contributed by atoms with Crippen molar-refractivity contribution < 1.29 is 4.79 Å². The molecular formula is C16H23NO. The molecule has 1 aromatic rings. The number of carbonyl (C=O) groups excluding carboxylic acids is 1. The molecule has 1 heterocycles. The summed E-state index contributed by atoms with van der Waals surface area (Å²) in [6, 6.07) is 8.89. The molecule has 1 aromatic carbocycles. The molecule has 1 atom stereocenters. The molecule has 2 nitrogen and oxygen atoms in total. The highest BCUT2D eigenvalue weighted by Gasteiger charge is 2.19. The molecule has 1 unspecified atom stereocenters. The molecule has 0 saturated carbocycles. The number of carbonyl (C=O) groups is 1. The molecule has 2 rings (SSSR count). The Labute approximate surface area is 110 Å². The molecule has 1 aliphatic heterocycles. The fraction of sp³-hybridized carbons (Fsp3) is 0.562. The number of hydrogen-bond donors (Lipinski definition) is 0. The Morgan fingerprint density at radius 1 is 1.33 bits per heavy atom. The van der Waals surface area contributed by atoms with E-state index in [2.05, 4.69) is 43.0 Å². The topological polar surface area (TPSA) is 20.3 Å². The van der Waals surface area contributed by atoms with Crippen molar-refractivity contribution in [2.24, 2.45) is 5.92 Å². The zero-order chi connectivity index (χ0) is 13.0. The number of aldehydes is 1. The molecule has 0 radical (unpaired) electrons. The third kappa shape index (κ3) is 3.42. The standard InChI is InChI=1S/C16H23NO/c1-13(2)16-7-5-14(6-8-16)10-17-9-3-4-15(11-17)12-18/h5-8,12-13,15H,3-4,9-11H2,1-2H3. The lowest BCUT2D eigenvalue weighted by Gasteiger charge is -2.30.